The Morgan fingerprint density at radius 3 is 1.46 bits per heavy atom. The third-order valence-electron chi connectivity index (χ3n) is 9.52. The van der Waals surface area contributed by atoms with Crippen molar-refractivity contribution in [3.8, 4) is 22.5 Å². The lowest BCUT2D eigenvalue weighted by Gasteiger charge is -2.33. The molecule has 0 saturated carbocycles. The number of rotatable bonds is 8. The lowest BCUT2D eigenvalue weighted by molar-refractivity contribution is 0.384. The molecule has 0 spiro atoms. The molecule has 6 aromatic rings. The molecule has 0 amide bonds. The standard InChI is InChI=1S/C20H19Cl2N3O2S2.C19H17Cl2N3O2S2/c1-14-4-2-3-5-16(14)18-13-28-20(23-18)24-8-10-25(11-9-24)29(26,27)19-7-6-15(21)12-17(19)22;20-15-6-7-18(16(21)12-15)28(25,26)24-10-8-23(9-11-24)19-22-17(13-27-19)14-4-2-1-3-5-14/h2-7,12-13H,8-11H2,1H3;1-7,12-13H,8-11H2. The molecule has 0 bridgehead atoms. The van der Waals surface area contributed by atoms with Crippen molar-refractivity contribution in [2.24, 2.45) is 0 Å². The molecule has 2 aliphatic heterocycles. The minimum absolute atomic E-state index is 0.0904. The molecule has 0 atom stereocenters. The molecule has 18 heteroatoms. The summed E-state index contributed by atoms with van der Waals surface area (Å²) in [4.78, 5) is 13.9. The molecule has 0 radical (unpaired) electrons. The summed E-state index contributed by atoms with van der Waals surface area (Å²) in [6, 6.07) is 27.1. The first kappa shape index (κ1) is 41.9. The van der Waals surface area contributed by atoms with Crippen LogP contribution in [0.2, 0.25) is 20.1 Å². The summed E-state index contributed by atoms with van der Waals surface area (Å²) >= 11 is 27.2. The Morgan fingerprint density at radius 1 is 0.544 bits per heavy atom. The third-order valence-corrected chi connectivity index (χ3v) is 16.6. The van der Waals surface area contributed by atoms with E-state index in [1.165, 1.54) is 44.5 Å². The van der Waals surface area contributed by atoms with E-state index in [4.69, 9.17) is 56.4 Å². The molecular formula is C39H36Cl4N6O4S4. The average molecular weight is 923 g/mol. The molecule has 8 rings (SSSR count). The van der Waals surface area contributed by atoms with Gasteiger partial charge in [0.05, 0.1) is 21.4 Å². The van der Waals surface area contributed by atoms with E-state index in [2.05, 4.69) is 28.9 Å². The number of nitrogens with zero attached hydrogens (tertiary/aromatic N) is 6. The van der Waals surface area contributed by atoms with Crippen LogP contribution in [0.1, 0.15) is 5.56 Å². The highest BCUT2D eigenvalue weighted by Crippen LogP contribution is 2.33. The number of thiazole rings is 2. The SMILES string of the molecule is Cc1ccccc1-c1csc(N2CCN(S(=O)(=O)c3ccc(Cl)cc3Cl)CC2)n1.O=S(=O)(c1ccc(Cl)cc1Cl)N1CCN(c2nc(-c3ccccc3)cs2)CC1. The van der Waals surface area contributed by atoms with Gasteiger partial charge in [0.15, 0.2) is 10.3 Å². The van der Waals surface area contributed by atoms with Gasteiger partial charge in [0.1, 0.15) is 9.79 Å². The third kappa shape index (κ3) is 9.46. The average Bonchev–Trinajstić information content (AvgIpc) is 3.90. The summed E-state index contributed by atoms with van der Waals surface area (Å²) < 4.78 is 54.7. The predicted octanol–water partition coefficient (Wildman–Crippen LogP) is 9.56. The van der Waals surface area contributed by atoms with Gasteiger partial charge in [0.2, 0.25) is 20.0 Å². The van der Waals surface area contributed by atoms with Crippen molar-refractivity contribution in [2.75, 3.05) is 62.2 Å². The largest absolute Gasteiger partial charge is 0.345 e. The summed E-state index contributed by atoms with van der Waals surface area (Å²) in [7, 11) is -7.31. The summed E-state index contributed by atoms with van der Waals surface area (Å²) in [5.41, 5.74) is 5.26. The molecular weight excluding hydrogens is 887 g/mol. The molecule has 0 unspecified atom stereocenters. The van der Waals surface area contributed by atoms with Crippen LogP contribution in [-0.2, 0) is 20.0 Å². The molecule has 57 heavy (non-hydrogen) atoms. The van der Waals surface area contributed by atoms with Gasteiger partial charge < -0.3 is 9.80 Å². The van der Waals surface area contributed by atoms with E-state index in [0.717, 1.165) is 32.8 Å². The smallest absolute Gasteiger partial charge is 0.244 e. The molecule has 2 fully saturated rings. The normalized spacial score (nSPS) is 15.7. The van der Waals surface area contributed by atoms with E-state index >= 15 is 0 Å². The van der Waals surface area contributed by atoms with Crippen LogP contribution < -0.4 is 9.80 Å². The second-order valence-corrected chi connectivity index (χ2v) is 20.3. The fraction of sp³-hybridized carbons (Fsp3) is 0.231. The number of hydrogen-bond acceptors (Lipinski definition) is 10. The topological polar surface area (TPSA) is 107 Å². The Labute approximate surface area is 360 Å². The maximum absolute atomic E-state index is 13.0. The number of benzene rings is 4. The summed E-state index contributed by atoms with van der Waals surface area (Å²) in [5.74, 6) is 0. The minimum atomic E-state index is -3.66. The van der Waals surface area contributed by atoms with Crippen molar-refractivity contribution in [3.63, 3.8) is 0 Å². The molecule has 10 nitrogen and oxygen atoms in total. The van der Waals surface area contributed by atoms with Gasteiger partial charge in [-0.25, -0.2) is 26.8 Å². The Morgan fingerprint density at radius 2 is 0.982 bits per heavy atom. The fourth-order valence-electron chi connectivity index (χ4n) is 6.43. The van der Waals surface area contributed by atoms with Gasteiger partial charge in [-0.05, 0) is 48.9 Å². The van der Waals surface area contributed by atoms with Gasteiger partial charge in [0.25, 0.3) is 0 Å². The van der Waals surface area contributed by atoms with Crippen molar-refractivity contribution >= 4 is 99.4 Å². The number of aryl methyl sites for hydroxylation is 1. The fourth-order valence-corrected chi connectivity index (χ4v) is 12.5. The van der Waals surface area contributed by atoms with Gasteiger partial charge in [-0.1, -0.05) is 101 Å². The number of aromatic nitrogens is 2. The predicted molar refractivity (Wildman–Crippen MR) is 235 cm³/mol. The molecule has 0 aliphatic carbocycles. The van der Waals surface area contributed by atoms with Gasteiger partial charge in [0, 0.05) is 84.3 Å². The van der Waals surface area contributed by atoms with Crippen molar-refractivity contribution < 1.29 is 16.8 Å². The first-order valence-corrected chi connectivity index (χ1v) is 23.9. The van der Waals surface area contributed by atoms with Crippen LogP contribution in [0.5, 0.6) is 0 Å². The molecule has 4 aromatic carbocycles. The zero-order valence-electron chi connectivity index (χ0n) is 30.4. The molecule has 2 saturated heterocycles. The second-order valence-electron chi connectivity index (χ2n) is 13.1. The van der Waals surface area contributed by atoms with Crippen LogP contribution in [0.15, 0.2) is 112 Å². The summed E-state index contributed by atoms with van der Waals surface area (Å²) in [5, 5.41) is 6.99. The van der Waals surface area contributed by atoms with Crippen LogP contribution in [0.4, 0.5) is 10.3 Å². The molecule has 2 aliphatic rings. The number of piperazine rings is 2. The monoisotopic (exact) mass is 920 g/mol. The Bertz CT molecular complexity index is 2580. The van der Waals surface area contributed by atoms with E-state index < -0.39 is 20.0 Å². The Hall–Kier alpha value is -3.28. The lowest BCUT2D eigenvalue weighted by atomic mass is 10.1. The first-order valence-electron chi connectivity index (χ1n) is 17.7. The molecule has 2 aromatic heterocycles. The van der Waals surface area contributed by atoms with E-state index in [-0.39, 0.29) is 19.8 Å². The van der Waals surface area contributed by atoms with Gasteiger partial charge in [-0.2, -0.15) is 8.61 Å². The van der Waals surface area contributed by atoms with E-state index in [0.29, 0.717) is 62.4 Å². The van der Waals surface area contributed by atoms with Crippen molar-refractivity contribution in [1.82, 2.24) is 18.6 Å². The quantitative estimate of drug-likeness (QED) is 0.149. The molecule has 0 N–H and O–H groups in total. The van der Waals surface area contributed by atoms with E-state index in [1.54, 1.807) is 28.7 Å². The highest BCUT2D eigenvalue weighted by atomic mass is 35.5. The van der Waals surface area contributed by atoms with Crippen molar-refractivity contribution in [3.05, 3.63) is 127 Å². The zero-order valence-corrected chi connectivity index (χ0v) is 36.7. The van der Waals surface area contributed by atoms with E-state index in [9.17, 15) is 16.8 Å². The van der Waals surface area contributed by atoms with Crippen LogP contribution in [-0.4, -0.2) is 87.8 Å². The molecule has 4 heterocycles. The number of anilines is 2. The number of halogens is 4. The first-order chi connectivity index (χ1) is 27.3. The van der Waals surface area contributed by atoms with Crippen molar-refractivity contribution in [2.45, 2.75) is 16.7 Å². The van der Waals surface area contributed by atoms with Gasteiger partial charge >= 0.3 is 0 Å². The summed E-state index contributed by atoms with van der Waals surface area (Å²) in [6.07, 6.45) is 0. The Balaban J connectivity index is 0.000000174. The highest BCUT2D eigenvalue weighted by Gasteiger charge is 2.32. The highest BCUT2D eigenvalue weighted by molar-refractivity contribution is 7.89. The van der Waals surface area contributed by atoms with Gasteiger partial charge in [-0.3, -0.25) is 0 Å². The number of hydrogen-bond donors (Lipinski definition) is 0. The van der Waals surface area contributed by atoms with E-state index in [1.807, 2.05) is 53.2 Å². The van der Waals surface area contributed by atoms with Crippen LogP contribution in [0.3, 0.4) is 0 Å². The van der Waals surface area contributed by atoms with Crippen molar-refractivity contribution in [1.29, 1.82) is 0 Å². The maximum Gasteiger partial charge on any atom is 0.244 e. The maximum atomic E-state index is 13.0. The lowest BCUT2D eigenvalue weighted by Crippen LogP contribution is -2.48. The Kier molecular flexibility index (Phi) is 13.2. The van der Waals surface area contributed by atoms with Gasteiger partial charge in [-0.15, -0.1) is 22.7 Å². The minimum Gasteiger partial charge on any atom is -0.345 e. The van der Waals surface area contributed by atoms with Crippen LogP contribution in [0, 0.1) is 6.92 Å². The van der Waals surface area contributed by atoms with Crippen LogP contribution >= 0.6 is 69.1 Å². The number of sulfonamides is 2. The summed E-state index contributed by atoms with van der Waals surface area (Å²) in [6.45, 7) is 5.87. The second kappa shape index (κ2) is 17.9. The molecule has 298 valence electrons. The zero-order chi connectivity index (χ0) is 40.3. The van der Waals surface area contributed by atoms with Crippen LogP contribution in [0.25, 0.3) is 22.5 Å².